The Morgan fingerprint density at radius 2 is 1.24 bits per heavy atom. The zero-order chi connectivity index (χ0) is 17.2. The molecule has 0 amide bonds. The van der Waals surface area contributed by atoms with Gasteiger partial charge in [-0.1, -0.05) is 0 Å². The first-order valence-electron chi connectivity index (χ1n) is 8.29. The van der Waals surface area contributed by atoms with Crippen LogP contribution in [-0.2, 0) is 6.42 Å². The molecule has 0 unspecified atom stereocenters. The average Bonchev–Trinajstić information content (AvgIpc) is 3.17. The van der Waals surface area contributed by atoms with E-state index in [1.165, 1.54) is 0 Å². The lowest BCUT2D eigenvalue weighted by atomic mass is 10.3. The number of ether oxygens (including phenoxy) is 2. The largest absolute Gasteiger partial charge is 0.494 e. The minimum atomic E-state index is 0.386. The van der Waals surface area contributed by atoms with Crippen molar-refractivity contribution in [2.45, 2.75) is 20.3 Å². The molecule has 6 heteroatoms. The molecule has 4 rings (SSSR count). The first kappa shape index (κ1) is 15.5. The van der Waals surface area contributed by atoms with Crippen molar-refractivity contribution in [3.05, 3.63) is 48.2 Å². The highest BCUT2D eigenvalue weighted by Gasteiger charge is 2.13. The molecule has 0 N–H and O–H groups in total. The average molecular weight is 338 g/mol. The molecule has 4 aromatic rings. The van der Waals surface area contributed by atoms with Crippen molar-refractivity contribution in [2.24, 2.45) is 0 Å². The molecule has 0 saturated carbocycles. The number of fused-ring (bicyclic) bond motifs is 2. The van der Waals surface area contributed by atoms with Gasteiger partial charge in [0.15, 0.2) is 11.2 Å². The zero-order valence-electron chi connectivity index (χ0n) is 14.1. The van der Waals surface area contributed by atoms with Crippen LogP contribution in [0.4, 0.5) is 0 Å². The molecule has 0 aliphatic heterocycles. The van der Waals surface area contributed by atoms with E-state index < -0.39 is 0 Å². The van der Waals surface area contributed by atoms with Crippen molar-refractivity contribution in [3.8, 4) is 11.5 Å². The summed E-state index contributed by atoms with van der Waals surface area (Å²) in [5.41, 5.74) is 2.95. The Labute approximate surface area is 144 Å². The standard InChI is InChI=1S/C19H18N2O4/c1-3-22-12-5-7-16-14(9-12)20-18(24-16)11-19-21-15-10-13(23-4-2)6-8-17(15)25-19/h5-10H,3-4,11H2,1-2H3. The number of aromatic nitrogens is 2. The lowest BCUT2D eigenvalue weighted by molar-refractivity contribution is 0.340. The molecule has 2 heterocycles. The third-order valence-electron chi connectivity index (χ3n) is 3.73. The second kappa shape index (κ2) is 6.47. The maximum absolute atomic E-state index is 5.77. The van der Waals surface area contributed by atoms with Crippen molar-refractivity contribution in [2.75, 3.05) is 13.2 Å². The Kier molecular flexibility index (Phi) is 4.01. The molecule has 0 spiro atoms. The first-order chi connectivity index (χ1) is 12.2. The number of benzene rings is 2. The Bertz CT molecular complexity index is 937. The number of oxazole rings is 2. The van der Waals surface area contributed by atoms with Gasteiger partial charge in [0, 0.05) is 12.1 Å². The topological polar surface area (TPSA) is 70.5 Å². The van der Waals surface area contributed by atoms with Crippen LogP contribution in [0.3, 0.4) is 0 Å². The normalized spacial score (nSPS) is 11.3. The molecule has 25 heavy (non-hydrogen) atoms. The minimum Gasteiger partial charge on any atom is -0.494 e. The second-order valence-corrected chi connectivity index (χ2v) is 5.52. The third kappa shape index (κ3) is 3.15. The number of rotatable bonds is 6. The Morgan fingerprint density at radius 1 is 0.760 bits per heavy atom. The maximum Gasteiger partial charge on any atom is 0.204 e. The van der Waals surface area contributed by atoms with Crippen molar-refractivity contribution in [1.29, 1.82) is 0 Å². The smallest absolute Gasteiger partial charge is 0.204 e. The van der Waals surface area contributed by atoms with Gasteiger partial charge in [0.05, 0.1) is 13.2 Å². The summed E-state index contributed by atoms with van der Waals surface area (Å²) in [5, 5.41) is 0. The van der Waals surface area contributed by atoms with E-state index in [-0.39, 0.29) is 0 Å². The molecule has 0 radical (unpaired) electrons. The van der Waals surface area contributed by atoms with E-state index in [0.717, 1.165) is 22.5 Å². The molecule has 0 saturated heterocycles. The fourth-order valence-electron chi connectivity index (χ4n) is 2.70. The number of nitrogens with zero attached hydrogens (tertiary/aromatic N) is 2. The monoisotopic (exact) mass is 338 g/mol. The first-order valence-corrected chi connectivity index (χ1v) is 8.29. The predicted octanol–water partition coefficient (Wildman–Crippen LogP) is 4.36. The SMILES string of the molecule is CCOc1ccc2oc(Cc3nc4cc(OCC)ccc4o3)nc2c1. The van der Waals surface area contributed by atoms with Gasteiger partial charge in [-0.15, -0.1) is 0 Å². The Morgan fingerprint density at radius 3 is 1.68 bits per heavy atom. The highest BCUT2D eigenvalue weighted by atomic mass is 16.5. The van der Waals surface area contributed by atoms with Gasteiger partial charge in [0.1, 0.15) is 29.0 Å². The van der Waals surface area contributed by atoms with Gasteiger partial charge in [0.2, 0.25) is 11.8 Å². The lowest BCUT2D eigenvalue weighted by Gasteiger charge is -2.00. The molecule has 6 nitrogen and oxygen atoms in total. The summed E-state index contributed by atoms with van der Waals surface area (Å²) in [6.45, 7) is 5.12. The van der Waals surface area contributed by atoms with Crippen LogP contribution < -0.4 is 9.47 Å². The molecular weight excluding hydrogens is 320 g/mol. The molecule has 0 fully saturated rings. The molecule has 128 valence electrons. The van der Waals surface area contributed by atoms with Crippen LogP contribution >= 0.6 is 0 Å². The Balaban J connectivity index is 1.60. The molecule has 2 aromatic carbocycles. The summed E-state index contributed by atoms with van der Waals surface area (Å²) in [4.78, 5) is 8.99. The van der Waals surface area contributed by atoms with Crippen LogP contribution in [0.2, 0.25) is 0 Å². The molecule has 0 bridgehead atoms. The van der Waals surface area contributed by atoms with Crippen molar-refractivity contribution in [3.63, 3.8) is 0 Å². The van der Waals surface area contributed by atoms with E-state index in [2.05, 4.69) is 9.97 Å². The van der Waals surface area contributed by atoms with Gasteiger partial charge in [-0.05, 0) is 38.1 Å². The highest BCUT2D eigenvalue weighted by molar-refractivity contribution is 5.75. The maximum atomic E-state index is 5.77. The summed E-state index contributed by atoms with van der Waals surface area (Å²) in [7, 11) is 0. The van der Waals surface area contributed by atoms with Crippen molar-refractivity contribution < 1.29 is 18.3 Å². The number of hydrogen-bond acceptors (Lipinski definition) is 6. The number of hydrogen-bond donors (Lipinski definition) is 0. The molecule has 2 aromatic heterocycles. The van der Waals surface area contributed by atoms with Gasteiger partial charge in [0.25, 0.3) is 0 Å². The van der Waals surface area contributed by atoms with Crippen LogP contribution in [0.1, 0.15) is 25.6 Å². The van der Waals surface area contributed by atoms with E-state index >= 15 is 0 Å². The van der Waals surface area contributed by atoms with Crippen molar-refractivity contribution >= 4 is 22.2 Å². The summed E-state index contributed by atoms with van der Waals surface area (Å²) in [6.07, 6.45) is 0.386. The fourth-order valence-corrected chi connectivity index (χ4v) is 2.70. The van der Waals surface area contributed by atoms with Crippen LogP contribution in [0, 0.1) is 0 Å². The molecule has 0 aliphatic carbocycles. The lowest BCUT2D eigenvalue weighted by Crippen LogP contribution is -1.90. The van der Waals surface area contributed by atoms with E-state index in [4.69, 9.17) is 18.3 Å². The van der Waals surface area contributed by atoms with Crippen LogP contribution in [-0.4, -0.2) is 23.2 Å². The van der Waals surface area contributed by atoms with Gasteiger partial charge in [-0.3, -0.25) is 0 Å². The van der Waals surface area contributed by atoms with E-state index in [9.17, 15) is 0 Å². The summed E-state index contributed by atoms with van der Waals surface area (Å²) in [6, 6.07) is 11.2. The van der Waals surface area contributed by atoms with Crippen LogP contribution in [0.15, 0.2) is 45.2 Å². The van der Waals surface area contributed by atoms with E-state index in [1.54, 1.807) is 0 Å². The van der Waals surface area contributed by atoms with Gasteiger partial charge in [-0.2, -0.15) is 0 Å². The minimum absolute atomic E-state index is 0.386. The van der Waals surface area contributed by atoms with Gasteiger partial charge < -0.3 is 18.3 Å². The summed E-state index contributed by atoms with van der Waals surface area (Å²) in [5.74, 6) is 2.67. The van der Waals surface area contributed by atoms with Crippen LogP contribution in [0.25, 0.3) is 22.2 Å². The fraction of sp³-hybridized carbons (Fsp3) is 0.263. The van der Waals surface area contributed by atoms with E-state index in [0.29, 0.717) is 42.6 Å². The molecule has 0 aliphatic rings. The van der Waals surface area contributed by atoms with Gasteiger partial charge >= 0.3 is 0 Å². The van der Waals surface area contributed by atoms with Crippen LogP contribution in [0.5, 0.6) is 11.5 Å². The quantitative estimate of drug-likeness (QED) is 0.520. The summed E-state index contributed by atoms with van der Waals surface area (Å²) >= 11 is 0. The third-order valence-corrected chi connectivity index (χ3v) is 3.73. The van der Waals surface area contributed by atoms with Crippen molar-refractivity contribution in [1.82, 2.24) is 9.97 Å². The zero-order valence-corrected chi connectivity index (χ0v) is 14.1. The Hall–Kier alpha value is -3.02. The predicted molar refractivity (Wildman–Crippen MR) is 93.2 cm³/mol. The molecular formula is C19H18N2O4. The van der Waals surface area contributed by atoms with E-state index in [1.807, 2.05) is 50.2 Å². The summed E-state index contributed by atoms with van der Waals surface area (Å²) < 4.78 is 22.5. The van der Waals surface area contributed by atoms with Gasteiger partial charge in [-0.25, -0.2) is 9.97 Å². The highest BCUT2D eigenvalue weighted by Crippen LogP contribution is 2.25. The molecule has 0 atom stereocenters. The second-order valence-electron chi connectivity index (χ2n) is 5.52.